The molecule has 290 valence electrons. The van der Waals surface area contributed by atoms with Gasteiger partial charge in [-0.05, 0) is 27.7 Å². The van der Waals surface area contributed by atoms with Gasteiger partial charge in [-0.2, -0.15) is 0 Å². The van der Waals surface area contributed by atoms with Gasteiger partial charge in [-0.1, -0.05) is 6.58 Å². The third kappa shape index (κ3) is 50.6. The zero-order valence-electron chi connectivity index (χ0n) is 27.6. The van der Waals surface area contributed by atoms with Crippen LogP contribution in [0.5, 0.6) is 0 Å². The molecule has 0 fully saturated rings. The van der Waals surface area contributed by atoms with Crippen LogP contribution in [-0.4, -0.2) is 107 Å². The van der Waals surface area contributed by atoms with Gasteiger partial charge in [0.25, 0.3) is 5.97 Å². The molecule has 22 heteroatoms. The molecular weight excluding hydrogens is 808 g/mol. The van der Waals surface area contributed by atoms with Crippen LogP contribution in [0.2, 0.25) is 0 Å². The summed E-state index contributed by atoms with van der Waals surface area (Å²) in [6.07, 6.45) is 0.395. The first-order valence-corrected chi connectivity index (χ1v) is 12.5. The molecule has 0 aromatic heterocycles. The average Bonchev–Trinajstić information content (AvgIpc) is 2.88. The van der Waals surface area contributed by atoms with Crippen molar-refractivity contribution in [1.29, 1.82) is 0 Å². The molecule has 0 rings (SSSR count). The Labute approximate surface area is 318 Å². The molecular formula is C28H40Fe3O19. The van der Waals surface area contributed by atoms with Crippen LogP contribution >= 0.6 is 0 Å². The average molecular weight is 848 g/mol. The predicted octanol–water partition coefficient (Wildman–Crippen LogP) is 1.55. The smallest absolute Gasteiger partial charge is 0.332 e. The van der Waals surface area contributed by atoms with E-state index in [1.54, 1.807) is 0 Å². The molecule has 2 atom stereocenters. The van der Waals surface area contributed by atoms with E-state index in [4.69, 9.17) is 50.4 Å². The molecule has 0 amide bonds. The molecule has 0 aromatic rings. The van der Waals surface area contributed by atoms with Gasteiger partial charge in [0.05, 0.1) is 17.9 Å². The van der Waals surface area contributed by atoms with Gasteiger partial charge in [0, 0.05) is 114 Å². The monoisotopic (exact) mass is 848 g/mol. The van der Waals surface area contributed by atoms with Crippen LogP contribution in [0.15, 0.2) is 47.3 Å². The van der Waals surface area contributed by atoms with Crippen molar-refractivity contribution in [2.24, 2.45) is 0 Å². The van der Waals surface area contributed by atoms with Gasteiger partial charge in [-0.15, -0.1) is 0 Å². The summed E-state index contributed by atoms with van der Waals surface area (Å²) >= 11 is 0. The van der Waals surface area contributed by atoms with E-state index in [9.17, 15) is 38.4 Å². The summed E-state index contributed by atoms with van der Waals surface area (Å²) in [6, 6.07) is 0. The number of aliphatic hydroxyl groups is 1. The molecule has 0 aromatic carbocycles. The van der Waals surface area contributed by atoms with Gasteiger partial charge in [-0.25, -0.2) is 28.8 Å². The van der Waals surface area contributed by atoms with Crippen molar-refractivity contribution in [3.05, 3.63) is 47.3 Å². The molecule has 19 nitrogen and oxygen atoms in total. The number of carboxylic acid groups (broad SMARTS) is 7. The SMILES string of the molecule is C=COC(C)=O.CC(=O)O.CC(=O)OC(C)CC(C(=O)O)=C(C)C(=O)O.CC(C(=O)O)=C(CC(C)O)C(=O)O.O=C(O)C=CC(=O)O.[Fe].[Fe].[Fe]. The van der Waals surface area contributed by atoms with Crippen molar-refractivity contribution in [1.82, 2.24) is 0 Å². The van der Waals surface area contributed by atoms with E-state index in [1.807, 2.05) is 0 Å². The number of carbonyl (C=O) groups is 9. The summed E-state index contributed by atoms with van der Waals surface area (Å²) in [6.45, 7) is 12.1. The van der Waals surface area contributed by atoms with Gasteiger partial charge in [0.1, 0.15) is 6.10 Å². The van der Waals surface area contributed by atoms with Crippen molar-refractivity contribution in [3.8, 4) is 0 Å². The van der Waals surface area contributed by atoms with E-state index < -0.39 is 60.0 Å². The van der Waals surface area contributed by atoms with Gasteiger partial charge in [0.15, 0.2) is 0 Å². The van der Waals surface area contributed by atoms with Crippen LogP contribution in [0.1, 0.15) is 61.3 Å². The van der Waals surface area contributed by atoms with Crippen LogP contribution in [0.25, 0.3) is 0 Å². The number of hydrogen-bond acceptors (Lipinski definition) is 12. The molecule has 0 bridgehead atoms. The summed E-state index contributed by atoms with van der Waals surface area (Å²) in [5, 5.41) is 66.6. The van der Waals surface area contributed by atoms with E-state index in [-0.39, 0.29) is 92.3 Å². The Balaban J connectivity index is -0.0000000778. The Hall–Kier alpha value is -4.29. The van der Waals surface area contributed by atoms with Gasteiger partial charge < -0.3 is 50.3 Å². The zero-order valence-corrected chi connectivity index (χ0v) is 30.9. The van der Waals surface area contributed by atoms with E-state index in [2.05, 4.69) is 11.3 Å². The molecule has 0 spiro atoms. The van der Waals surface area contributed by atoms with Crippen LogP contribution < -0.4 is 0 Å². The van der Waals surface area contributed by atoms with E-state index in [0.717, 1.165) is 13.2 Å². The molecule has 0 aliphatic carbocycles. The van der Waals surface area contributed by atoms with Gasteiger partial charge >= 0.3 is 47.8 Å². The topological polar surface area (TPSA) is 334 Å². The Morgan fingerprint density at radius 3 is 1.04 bits per heavy atom. The fraction of sp³-hybridized carbons (Fsp3) is 0.393. The number of carbonyl (C=O) groups excluding carboxylic acids is 2. The molecule has 0 aliphatic rings. The first-order valence-electron chi connectivity index (χ1n) is 12.5. The zero-order chi connectivity index (χ0) is 38.6. The van der Waals surface area contributed by atoms with Crippen molar-refractivity contribution < 1.29 is 145 Å². The first kappa shape index (κ1) is 64.3. The minimum absolute atomic E-state index is 0. The molecule has 8 N–H and O–H groups in total. The fourth-order valence-electron chi connectivity index (χ4n) is 2.23. The van der Waals surface area contributed by atoms with E-state index >= 15 is 0 Å². The van der Waals surface area contributed by atoms with Crippen LogP contribution in [0, 0.1) is 0 Å². The van der Waals surface area contributed by atoms with Gasteiger partial charge in [-0.3, -0.25) is 14.4 Å². The standard InChI is InChI=1S/C10H14O6.C8H12O5.C4H4O4.C4H6O2.C2H4O2.3Fe/c1-5(16-7(3)11)4-8(10(14)15)6(2)9(12)13;1-4(9)3-6(8(12)13)5(2)7(10)11;5-3(6)1-2-4(7)8;1-3-6-4(2)5;1-2(3)4;;;/h5H,4H2,1-3H3,(H,12,13)(H,14,15);4,9H,3H2,1-2H3,(H,10,11)(H,12,13);1-2H,(H,5,6)(H,7,8);3H,1H2,2H3;1H3,(H,3,4);;;. The fourth-order valence-corrected chi connectivity index (χ4v) is 2.23. The Morgan fingerprint density at radius 2 is 0.880 bits per heavy atom. The third-order valence-corrected chi connectivity index (χ3v) is 4.04. The number of carboxylic acids is 7. The molecule has 0 saturated heterocycles. The number of hydrogen-bond donors (Lipinski definition) is 8. The van der Waals surface area contributed by atoms with E-state index in [0.29, 0.717) is 12.2 Å². The first-order chi connectivity index (χ1) is 21.2. The maximum absolute atomic E-state index is 10.8. The van der Waals surface area contributed by atoms with Gasteiger partial charge in [0.2, 0.25) is 0 Å². The second-order valence-electron chi connectivity index (χ2n) is 8.41. The molecule has 0 saturated carbocycles. The molecule has 0 radical (unpaired) electrons. The second kappa shape index (κ2) is 37.5. The maximum atomic E-state index is 10.8. The number of esters is 2. The number of ether oxygens (including phenoxy) is 2. The van der Waals surface area contributed by atoms with Crippen molar-refractivity contribution >= 4 is 53.7 Å². The molecule has 0 aliphatic heterocycles. The van der Waals surface area contributed by atoms with Crippen LogP contribution in [-0.2, 0) is 104 Å². The Kier molecular flexibility index (Phi) is 48.2. The quantitative estimate of drug-likeness (QED) is 0.0597. The molecule has 50 heavy (non-hydrogen) atoms. The summed E-state index contributed by atoms with van der Waals surface area (Å²) in [5.41, 5.74) is -1.02. The number of aliphatic carboxylic acids is 7. The van der Waals surface area contributed by atoms with Crippen molar-refractivity contribution in [2.75, 3.05) is 0 Å². The number of rotatable bonds is 12. The molecule has 2 unspecified atom stereocenters. The summed E-state index contributed by atoms with van der Waals surface area (Å²) in [4.78, 5) is 90.9. The maximum Gasteiger partial charge on any atom is 0.332 e. The van der Waals surface area contributed by atoms with Crippen LogP contribution in [0.3, 0.4) is 0 Å². The van der Waals surface area contributed by atoms with Crippen molar-refractivity contribution in [2.45, 2.75) is 73.5 Å². The second-order valence-corrected chi connectivity index (χ2v) is 8.41. The normalized spacial score (nSPS) is 11.0. The summed E-state index contributed by atoms with van der Waals surface area (Å²) < 4.78 is 8.90. The minimum atomic E-state index is -1.32. The predicted molar refractivity (Wildman–Crippen MR) is 158 cm³/mol. The Bertz CT molecular complexity index is 1210. The minimum Gasteiger partial charge on any atom is -0.481 e. The summed E-state index contributed by atoms with van der Waals surface area (Å²) in [5.74, 6) is -9.42. The van der Waals surface area contributed by atoms with E-state index in [1.165, 1.54) is 41.5 Å². The van der Waals surface area contributed by atoms with Crippen LogP contribution in [0.4, 0.5) is 0 Å². The Morgan fingerprint density at radius 1 is 0.580 bits per heavy atom. The third-order valence-electron chi connectivity index (χ3n) is 4.04. The van der Waals surface area contributed by atoms with Crippen molar-refractivity contribution in [3.63, 3.8) is 0 Å². The number of aliphatic hydroxyl groups excluding tert-OH is 1. The summed E-state index contributed by atoms with van der Waals surface area (Å²) in [7, 11) is 0. The largest absolute Gasteiger partial charge is 0.481 e. The molecule has 0 heterocycles.